The minimum absolute atomic E-state index is 0.0143. The highest BCUT2D eigenvalue weighted by Gasteiger charge is 2.18. The second-order valence-electron chi connectivity index (χ2n) is 5.93. The van der Waals surface area contributed by atoms with Crippen LogP contribution in [-0.4, -0.2) is 51.9 Å². The first kappa shape index (κ1) is 15.7. The van der Waals surface area contributed by atoms with Crippen molar-refractivity contribution in [2.45, 2.75) is 6.54 Å². The zero-order chi connectivity index (χ0) is 17.2. The predicted octanol–water partition coefficient (Wildman–Crippen LogP) is 2.10. The van der Waals surface area contributed by atoms with Crippen LogP contribution >= 0.6 is 0 Å². The number of nitrogens with zero attached hydrogens (tertiary/aromatic N) is 4. The van der Waals surface area contributed by atoms with Crippen LogP contribution in [-0.2, 0) is 16.1 Å². The largest absolute Gasteiger partial charge is 0.378 e. The van der Waals surface area contributed by atoms with Crippen molar-refractivity contribution >= 4 is 16.9 Å². The van der Waals surface area contributed by atoms with E-state index >= 15 is 0 Å². The van der Waals surface area contributed by atoms with E-state index in [9.17, 15) is 9.18 Å². The smallest absolute Gasteiger partial charge is 0.244 e. The second kappa shape index (κ2) is 6.60. The Bertz CT molecular complexity index is 901. The molecule has 1 aromatic carbocycles. The molecule has 0 radical (unpaired) electrons. The number of hydrogen-bond donors (Lipinski definition) is 0. The summed E-state index contributed by atoms with van der Waals surface area (Å²) in [5.41, 5.74) is 3.22. The van der Waals surface area contributed by atoms with E-state index in [1.807, 2.05) is 6.07 Å². The fourth-order valence-electron chi connectivity index (χ4n) is 2.92. The van der Waals surface area contributed by atoms with Crippen LogP contribution in [0.5, 0.6) is 0 Å². The van der Waals surface area contributed by atoms with Crippen molar-refractivity contribution in [1.82, 2.24) is 19.7 Å². The SMILES string of the molecule is O=C(Cn1ncc2ncc(-c3ccc(F)cc3)cc21)N1CCOCC1. The summed E-state index contributed by atoms with van der Waals surface area (Å²) in [6.45, 7) is 2.52. The second-order valence-corrected chi connectivity index (χ2v) is 5.93. The molecule has 3 aromatic rings. The summed E-state index contributed by atoms with van der Waals surface area (Å²) in [4.78, 5) is 18.6. The summed E-state index contributed by atoms with van der Waals surface area (Å²) in [6, 6.07) is 8.17. The number of benzene rings is 1. The maximum absolute atomic E-state index is 13.1. The van der Waals surface area contributed by atoms with Crippen LogP contribution in [0.3, 0.4) is 0 Å². The van der Waals surface area contributed by atoms with Crippen molar-refractivity contribution in [2.75, 3.05) is 26.3 Å². The Balaban J connectivity index is 1.62. The Labute approximate surface area is 143 Å². The van der Waals surface area contributed by atoms with Crippen molar-refractivity contribution in [1.29, 1.82) is 0 Å². The number of amides is 1. The van der Waals surface area contributed by atoms with E-state index in [0.717, 1.165) is 22.2 Å². The molecule has 2 aromatic heterocycles. The molecule has 0 bridgehead atoms. The number of fused-ring (bicyclic) bond motifs is 1. The maximum Gasteiger partial charge on any atom is 0.244 e. The standard InChI is InChI=1S/C18H17FN4O2/c19-15-3-1-13(2-4-15)14-9-17-16(20-10-14)11-21-23(17)12-18(24)22-5-7-25-8-6-22/h1-4,9-11H,5-8,12H2. The number of aromatic nitrogens is 3. The number of rotatable bonds is 3. The lowest BCUT2D eigenvalue weighted by molar-refractivity contribution is -0.136. The molecule has 1 aliphatic heterocycles. The fraction of sp³-hybridized carbons (Fsp3) is 0.278. The Kier molecular flexibility index (Phi) is 4.15. The van der Waals surface area contributed by atoms with Gasteiger partial charge in [-0.1, -0.05) is 12.1 Å². The molecule has 3 heterocycles. The zero-order valence-corrected chi connectivity index (χ0v) is 13.6. The Morgan fingerprint density at radius 2 is 1.88 bits per heavy atom. The van der Waals surface area contributed by atoms with Crippen molar-refractivity contribution in [3.05, 3.63) is 48.5 Å². The van der Waals surface area contributed by atoms with Gasteiger partial charge in [0.15, 0.2) is 0 Å². The molecule has 128 valence electrons. The molecule has 7 heteroatoms. The molecule has 6 nitrogen and oxygen atoms in total. The van der Waals surface area contributed by atoms with Crippen molar-refractivity contribution in [3.8, 4) is 11.1 Å². The predicted molar refractivity (Wildman–Crippen MR) is 90.3 cm³/mol. The third-order valence-electron chi connectivity index (χ3n) is 4.32. The van der Waals surface area contributed by atoms with E-state index in [4.69, 9.17) is 4.74 Å². The molecular weight excluding hydrogens is 323 g/mol. The average Bonchev–Trinajstić information content (AvgIpc) is 3.05. The summed E-state index contributed by atoms with van der Waals surface area (Å²) < 4.78 is 20.0. The normalized spacial score (nSPS) is 14.8. The molecule has 0 atom stereocenters. The minimum Gasteiger partial charge on any atom is -0.378 e. The lowest BCUT2D eigenvalue weighted by Crippen LogP contribution is -2.42. The van der Waals surface area contributed by atoms with Crippen molar-refractivity contribution in [2.24, 2.45) is 0 Å². The number of ether oxygens (including phenoxy) is 1. The molecule has 1 amide bonds. The molecule has 4 rings (SSSR count). The highest BCUT2D eigenvalue weighted by atomic mass is 19.1. The monoisotopic (exact) mass is 340 g/mol. The van der Waals surface area contributed by atoms with Crippen LogP contribution in [0.2, 0.25) is 0 Å². The summed E-state index contributed by atoms with van der Waals surface area (Å²) >= 11 is 0. The van der Waals surface area contributed by atoms with Gasteiger partial charge in [0, 0.05) is 24.8 Å². The Hall–Kier alpha value is -2.80. The van der Waals surface area contributed by atoms with Gasteiger partial charge in [0.1, 0.15) is 17.9 Å². The van der Waals surface area contributed by atoms with Gasteiger partial charge in [-0.15, -0.1) is 0 Å². The van der Waals surface area contributed by atoms with Crippen LogP contribution in [0, 0.1) is 5.82 Å². The van der Waals surface area contributed by atoms with E-state index in [1.165, 1.54) is 12.1 Å². The van der Waals surface area contributed by atoms with Crippen molar-refractivity contribution in [3.63, 3.8) is 0 Å². The van der Waals surface area contributed by atoms with Crippen LogP contribution in [0.15, 0.2) is 42.7 Å². The van der Waals surface area contributed by atoms with Gasteiger partial charge >= 0.3 is 0 Å². The maximum atomic E-state index is 13.1. The molecule has 0 N–H and O–H groups in total. The quantitative estimate of drug-likeness (QED) is 0.733. The molecule has 1 fully saturated rings. The van der Waals surface area contributed by atoms with E-state index < -0.39 is 0 Å². The van der Waals surface area contributed by atoms with Gasteiger partial charge in [0.25, 0.3) is 0 Å². The molecule has 0 unspecified atom stereocenters. The first-order valence-corrected chi connectivity index (χ1v) is 8.14. The van der Waals surface area contributed by atoms with Gasteiger partial charge in [-0.2, -0.15) is 5.10 Å². The molecule has 0 saturated carbocycles. The van der Waals surface area contributed by atoms with Gasteiger partial charge in [-0.05, 0) is 23.8 Å². The van der Waals surface area contributed by atoms with Crippen molar-refractivity contribution < 1.29 is 13.9 Å². The number of hydrogen-bond acceptors (Lipinski definition) is 4. The zero-order valence-electron chi connectivity index (χ0n) is 13.6. The van der Waals surface area contributed by atoms with E-state index in [-0.39, 0.29) is 18.3 Å². The lowest BCUT2D eigenvalue weighted by atomic mass is 10.1. The van der Waals surface area contributed by atoms with Crippen LogP contribution in [0.4, 0.5) is 4.39 Å². The topological polar surface area (TPSA) is 60.2 Å². The first-order valence-electron chi connectivity index (χ1n) is 8.14. The van der Waals surface area contributed by atoms with Gasteiger partial charge < -0.3 is 9.64 Å². The van der Waals surface area contributed by atoms with Crippen LogP contribution in [0.25, 0.3) is 22.2 Å². The number of morpholine rings is 1. The van der Waals surface area contributed by atoms with Gasteiger partial charge in [-0.3, -0.25) is 14.5 Å². The van der Waals surface area contributed by atoms with Gasteiger partial charge in [0.2, 0.25) is 5.91 Å². The first-order chi connectivity index (χ1) is 12.2. The van der Waals surface area contributed by atoms with E-state index in [1.54, 1.807) is 34.1 Å². The minimum atomic E-state index is -0.279. The van der Waals surface area contributed by atoms with Crippen LogP contribution < -0.4 is 0 Å². The number of halogens is 1. The molecular formula is C18H17FN4O2. The third kappa shape index (κ3) is 3.23. The molecule has 0 spiro atoms. The Morgan fingerprint density at radius 1 is 1.12 bits per heavy atom. The Morgan fingerprint density at radius 3 is 2.64 bits per heavy atom. The highest BCUT2D eigenvalue weighted by molar-refractivity contribution is 5.83. The molecule has 1 aliphatic rings. The molecule has 25 heavy (non-hydrogen) atoms. The number of carbonyl (C=O) groups is 1. The number of pyridine rings is 1. The summed E-state index contributed by atoms with van der Waals surface area (Å²) in [7, 11) is 0. The number of carbonyl (C=O) groups excluding carboxylic acids is 1. The average molecular weight is 340 g/mol. The molecule has 0 aliphatic carbocycles. The summed E-state index contributed by atoms with van der Waals surface area (Å²) in [6.07, 6.45) is 3.38. The van der Waals surface area contributed by atoms with E-state index in [0.29, 0.717) is 26.3 Å². The summed E-state index contributed by atoms with van der Waals surface area (Å²) in [5, 5.41) is 4.29. The highest BCUT2D eigenvalue weighted by Crippen LogP contribution is 2.23. The third-order valence-corrected chi connectivity index (χ3v) is 4.32. The van der Waals surface area contributed by atoms with Gasteiger partial charge in [0.05, 0.1) is 24.9 Å². The fourth-order valence-corrected chi connectivity index (χ4v) is 2.92. The summed E-state index contributed by atoms with van der Waals surface area (Å²) in [5.74, 6) is -0.264. The van der Waals surface area contributed by atoms with Crippen LogP contribution in [0.1, 0.15) is 0 Å². The molecule has 1 saturated heterocycles. The lowest BCUT2D eigenvalue weighted by Gasteiger charge is -2.26. The van der Waals surface area contributed by atoms with Gasteiger partial charge in [-0.25, -0.2) is 4.39 Å². The van der Waals surface area contributed by atoms with E-state index in [2.05, 4.69) is 10.1 Å².